The van der Waals surface area contributed by atoms with E-state index < -0.39 is 0 Å². The molecule has 0 aliphatic rings. The van der Waals surface area contributed by atoms with E-state index in [1.54, 1.807) is 7.11 Å². The van der Waals surface area contributed by atoms with Crippen molar-refractivity contribution in [1.29, 1.82) is 0 Å². The summed E-state index contributed by atoms with van der Waals surface area (Å²) in [5, 5.41) is 0. The Morgan fingerprint density at radius 3 is 1.75 bits per heavy atom. The number of hydrogen-bond donors (Lipinski definition) is 0. The molecule has 0 saturated heterocycles. The first-order valence-electron chi connectivity index (χ1n) is 2.93. The van der Waals surface area contributed by atoms with Gasteiger partial charge in [-0.2, -0.15) is 0 Å². The quantitative estimate of drug-likeness (QED) is 0.477. The Kier molecular flexibility index (Phi) is 15.2. The molecule has 0 spiro atoms. The number of benzene rings is 1. The van der Waals surface area contributed by atoms with Gasteiger partial charge in [0.25, 0.3) is 0 Å². The molecule has 1 aromatic carbocycles. The maximum absolute atomic E-state index is 4.97. The summed E-state index contributed by atoms with van der Waals surface area (Å²) < 4.78 is 4.97. The van der Waals surface area contributed by atoms with Crippen LogP contribution in [0.5, 0.6) is 5.75 Å². The average Bonchev–Trinajstić information content (AvgIpc) is 1.90. The van der Waals surface area contributed by atoms with Crippen molar-refractivity contribution in [2.24, 2.45) is 0 Å². The first kappa shape index (κ1) is 18.5. The van der Waals surface area contributed by atoms with Crippen molar-refractivity contribution in [1.82, 2.24) is 0 Å². The molecule has 0 atom stereocenters. The van der Waals surface area contributed by atoms with Gasteiger partial charge >= 0.3 is 23.1 Å². The molecule has 1 rings (SSSR count). The summed E-state index contributed by atoms with van der Waals surface area (Å²) in [6, 6.07) is 7.96. The molecule has 0 saturated carbocycles. The third kappa shape index (κ3) is 6.28. The van der Waals surface area contributed by atoms with Gasteiger partial charge in [0, 0.05) is 0 Å². The molecule has 0 aliphatic carbocycles. The number of halogens is 2. The van der Waals surface area contributed by atoms with Crippen molar-refractivity contribution in [3.63, 3.8) is 0 Å². The van der Waals surface area contributed by atoms with Gasteiger partial charge in [0.05, 0.1) is 7.11 Å². The van der Waals surface area contributed by atoms with Crippen LogP contribution < -0.4 is 38.7 Å². The standard InChI is InChI=1S/C8H10O.2BrH.Mg/c1-7-3-5-8(9-2)6-4-7;;;/h3-6H,1-2H3;2*1H;/q;;;+2/p-2. The summed E-state index contributed by atoms with van der Waals surface area (Å²) in [4.78, 5) is 0. The Bertz CT molecular complexity index is 189. The van der Waals surface area contributed by atoms with Gasteiger partial charge < -0.3 is 38.7 Å². The second kappa shape index (κ2) is 9.83. The first-order chi connectivity index (χ1) is 4.33. The minimum absolute atomic E-state index is 0. The van der Waals surface area contributed by atoms with Gasteiger partial charge in [-0.25, -0.2) is 0 Å². The minimum Gasteiger partial charge on any atom is -1.00 e. The largest absolute Gasteiger partial charge is 2.00 e. The van der Waals surface area contributed by atoms with E-state index in [0.717, 1.165) is 5.75 Å². The van der Waals surface area contributed by atoms with Crippen LogP contribution in [0.3, 0.4) is 0 Å². The molecule has 0 unspecified atom stereocenters. The molecule has 0 aliphatic heterocycles. The molecule has 4 heteroatoms. The van der Waals surface area contributed by atoms with Crippen LogP contribution in [0.1, 0.15) is 5.56 Å². The molecule has 0 bridgehead atoms. The molecular formula is C8H10Br2MgO. The Morgan fingerprint density at radius 1 is 1.00 bits per heavy atom. The molecule has 0 radical (unpaired) electrons. The first-order valence-corrected chi connectivity index (χ1v) is 2.93. The van der Waals surface area contributed by atoms with Crippen molar-refractivity contribution in [3.8, 4) is 5.75 Å². The zero-order chi connectivity index (χ0) is 6.69. The summed E-state index contributed by atoms with van der Waals surface area (Å²) in [6.45, 7) is 2.06. The predicted octanol–water partition coefficient (Wildman–Crippen LogP) is -4.37. The Hall–Kier alpha value is 0.746. The molecule has 0 N–H and O–H groups in total. The summed E-state index contributed by atoms with van der Waals surface area (Å²) in [5.74, 6) is 0.917. The van der Waals surface area contributed by atoms with Gasteiger partial charge in [0.1, 0.15) is 5.75 Å². The number of methoxy groups -OCH3 is 1. The van der Waals surface area contributed by atoms with Crippen LogP contribution in [0.4, 0.5) is 0 Å². The normalized spacial score (nSPS) is 6.83. The molecule has 1 aromatic rings. The van der Waals surface area contributed by atoms with E-state index in [4.69, 9.17) is 4.74 Å². The predicted molar refractivity (Wildman–Crippen MR) is 43.5 cm³/mol. The fourth-order valence-corrected chi connectivity index (χ4v) is 0.674. The van der Waals surface area contributed by atoms with Crippen LogP contribution in [0.15, 0.2) is 24.3 Å². The Labute approximate surface area is 111 Å². The monoisotopic (exact) mass is 304 g/mol. The van der Waals surface area contributed by atoms with E-state index in [0.29, 0.717) is 0 Å². The number of ether oxygens (including phenoxy) is 1. The molecule has 0 heterocycles. The minimum atomic E-state index is 0. The third-order valence-corrected chi connectivity index (χ3v) is 1.26. The maximum atomic E-state index is 4.97. The molecule has 0 aromatic heterocycles. The summed E-state index contributed by atoms with van der Waals surface area (Å²) in [7, 11) is 1.67. The van der Waals surface area contributed by atoms with Gasteiger partial charge in [-0.3, -0.25) is 0 Å². The van der Waals surface area contributed by atoms with Gasteiger partial charge in [-0.05, 0) is 19.1 Å². The SMILES string of the molecule is COc1ccc(C)cc1.[Br-].[Br-].[Mg+2]. The van der Waals surface area contributed by atoms with E-state index in [1.165, 1.54) is 5.56 Å². The molecule has 1 nitrogen and oxygen atoms in total. The fraction of sp³-hybridized carbons (Fsp3) is 0.250. The van der Waals surface area contributed by atoms with E-state index in [9.17, 15) is 0 Å². The number of hydrogen-bond acceptors (Lipinski definition) is 1. The van der Waals surface area contributed by atoms with Crippen LogP contribution in [0.2, 0.25) is 0 Å². The van der Waals surface area contributed by atoms with Crippen LogP contribution in [-0.2, 0) is 0 Å². The molecule has 64 valence electrons. The van der Waals surface area contributed by atoms with Crippen molar-refractivity contribution >= 4 is 23.1 Å². The van der Waals surface area contributed by atoms with Crippen LogP contribution in [-0.4, -0.2) is 30.2 Å². The maximum Gasteiger partial charge on any atom is 2.00 e. The van der Waals surface area contributed by atoms with Gasteiger partial charge in [-0.15, -0.1) is 0 Å². The molecule has 0 fully saturated rings. The van der Waals surface area contributed by atoms with E-state index >= 15 is 0 Å². The molecular weight excluding hydrogens is 296 g/mol. The van der Waals surface area contributed by atoms with Gasteiger partial charge in [-0.1, -0.05) is 17.7 Å². The third-order valence-electron chi connectivity index (χ3n) is 1.26. The van der Waals surface area contributed by atoms with Crippen molar-refractivity contribution < 1.29 is 38.7 Å². The number of rotatable bonds is 1. The smallest absolute Gasteiger partial charge is 1.00 e. The summed E-state index contributed by atoms with van der Waals surface area (Å²) >= 11 is 0. The van der Waals surface area contributed by atoms with Crippen LogP contribution in [0, 0.1) is 6.92 Å². The van der Waals surface area contributed by atoms with E-state index in [2.05, 4.69) is 6.92 Å². The average molecular weight is 306 g/mol. The van der Waals surface area contributed by atoms with Gasteiger partial charge in [0.15, 0.2) is 0 Å². The van der Waals surface area contributed by atoms with Gasteiger partial charge in [0.2, 0.25) is 0 Å². The van der Waals surface area contributed by atoms with Crippen molar-refractivity contribution in [2.75, 3.05) is 7.11 Å². The van der Waals surface area contributed by atoms with Crippen molar-refractivity contribution in [3.05, 3.63) is 29.8 Å². The zero-order valence-electron chi connectivity index (χ0n) is 7.18. The zero-order valence-corrected chi connectivity index (χ0v) is 11.8. The van der Waals surface area contributed by atoms with Crippen LogP contribution in [0.25, 0.3) is 0 Å². The van der Waals surface area contributed by atoms with Crippen molar-refractivity contribution in [2.45, 2.75) is 6.92 Å². The number of aryl methyl sites for hydroxylation is 1. The molecule has 0 amide bonds. The second-order valence-electron chi connectivity index (χ2n) is 2.02. The Balaban J connectivity index is -0.000000270. The molecule has 12 heavy (non-hydrogen) atoms. The second-order valence-corrected chi connectivity index (χ2v) is 2.02. The topological polar surface area (TPSA) is 9.23 Å². The summed E-state index contributed by atoms with van der Waals surface area (Å²) in [5.41, 5.74) is 1.26. The van der Waals surface area contributed by atoms with Crippen LogP contribution >= 0.6 is 0 Å². The fourth-order valence-electron chi connectivity index (χ4n) is 0.674. The van der Waals surface area contributed by atoms with E-state index in [-0.39, 0.29) is 57.0 Å². The van der Waals surface area contributed by atoms with E-state index in [1.807, 2.05) is 24.3 Å². The summed E-state index contributed by atoms with van der Waals surface area (Å²) in [6.07, 6.45) is 0. The Morgan fingerprint density at radius 2 is 1.42 bits per heavy atom.